The van der Waals surface area contributed by atoms with Crippen molar-refractivity contribution in [2.75, 3.05) is 7.11 Å². The maximum atomic E-state index is 10.4. The Bertz CT molecular complexity index is 332. The van der Waals surface area contributed by atoms with Gasteiger partial charge in [-0.15, -0.1) is 0 Å². The summed E-state index contributed by atoms with van der Waals surface area (Å²) in [5, 5.41) is 0.224. The van der Waals surface area contributed by atoms with E-state index in [9.17, 15) is 4.57 Å². The second-order valence-electron chi connectivity index (χ2n) is 2.01. The first-order valence-corrected chi connectivity index (χ1v) is 4.89. The maximum Gasteiger partial charge on any atom is 0.365 e. The molecule has 0 aromatic carbocycles. The number of ether oxygens (including phenoxy) is 1. The normalized spacial score (nSPS) is 12.2. The van der Waals surface area contributed by atoms with Crippen LogP contribution in [-0.4, -0.2) is 17.0 Å². The molecule has 0 bridgehead atoms. The number of methoxy groups -OCH3 is 1. The number of aromatic nitrogens is 1. The van der Waals surface area contributed by atoms with Crippen LogP contribution in [0.1, 0.15) is 0 Å². The standard InChI is InChI=1S/C6H7ClNO4P/c1-11-6-4(12-13(9)10)2-3-5(7)8-6/h2-3,13H,1H3,(H,9,10). The van der Waals surface area contributed by atoms with Crippen molar-refractivity contribution in [3.63, 3.8) is 0 Å². The van der Waals surface area contributed by atoms with E-state index in [1.165, 1.54) is 19.2 Å². The maximum absolute atomic E-state index is 10.4. The molecule has 0 amide bonds. The fraction of sp³-hybridized carbons (Fsp3) is 0.167. The van der Waals surface area contributed by atoms with Crippen LogP contribution in [0.3, 0.4) is 0 Å². The molecule has 5 nitrogen and oxygen atoms in total. The van der Waals surface area contributed by atoms with Gasteiger partial charge in [0, 0.05) is 0 Å². The summed E-state index contributed by atoms with van der Waals surface area (Å²) in [4.78, 5) is 12.2. The number of halogens is 1. The van der Waals surface area contributed by atoms with Crippen molar-refractivity contribution < 1.29 is 18.7 Å². The smallest absolute Gasteiger partial charge is 0.365 e. The molecule has 1 aromatic rings. The number of hydrogen-bond donors (Lipinski definition) is 1. The molecule has 0 spiro atoms. The highest BCUT2D eigenvalue weighted by Gasteiger charge is 2.08. The lowest BCUT2D eigenvalue weighted by Gasteiger charge is -2.06. The molecule has 0 aliphatic carbocycles. The Morgan fingerprint density at radius 1 is 1.62 bits per heavy atom. The highest BCUT2D eigenvalue weighted by Crippen LogP contribution is 2.31. The molecule has 7 heteroatoms. The van der Waals surface area contributed by atoms with Crippen molar-refractivity contribution in [1.29, 1.82) is 0 Å². The van der Waals surface area contributed by atoms with E-state index in [-0.39, 0.29) is 16.8 Å². The van der Waals surface area contributed by atoms with Crippen LogP contribution in [0.25, 0.3) is 0 Å². The summed E-state index contributed by atoms with van der Waals surface area (Å²) in [6.45, 7) is 0. The van der Waals surface area contributed by atoms with Crippen LogP contribution < -0.4 is 9.26 Å². The van der Waals surface area contributed by atoms with Gasteiger partial charge in [0.1, 0.15) is 5.15 Å². The quantitative estimate of drug-likeness (QED) is 0.621. The van der Waals surface area contributed by atoms with E-state index in [1.807, 2.05) is 0 Å². The average Bonchev–Trinajstić information content (AvgIpc) is 2.07. The first-order chi connectivity index (χ1) is 6.13. The number of hydrogen-bond acceptors (Lipinski definition) is 4. The Balaban J connectivity index is 2.99. The van der Waals surface area contributed by atoms with E-state index in [0.717, 1.165) is 0 Å². The van der Waals surface area contributed by atoms with Crippen molar-refractivity contribution in [2.24, 2.45) is 0 Å². The third-order valence-corrected chi connectivity index (χ3v) is 1.79. The van der Waals surface area contributed by atoms with Crippen molar-refractivity contribution >= 4 is 19.9 Å². The summed E-state index contributed by atoms with van der Waals surface area (Å²) >= 11 is 5.55. The minimum atomic E-state index is -3.04. The molecule has 0 saturated heterocycles. The molecular formula is C6H7ClNO4P. The van der Waals surface area contributed by atoms with Crippen molar-refractivity contribution in [3.8, 4) is 11.6 Å². The van der Waals surface area contributed by atoms with Crippen LogP contribution in [0.2, 0.25) is 5.15 Å². The highest BCUT2D eigenvalue weighted by molar-refractivity contribution is 7.32. The van der Waals surface area contributed by atoms with Crippen LogP contribution >= 0.6 is 19.9 Å². The third-order valence-electron chi connectivity index (χ3n) is 1.18. The van der Waals surface area contributed by atoms with Crippen LogP contribution in [0.4, 0.5) is 0 Å². The summed E-state index contributed by atoms with van der Waals surface area (Å²) in [6, 6.07) is 2.84. The first-order valence-electron chi connectivity index (χ1n) is 3.25. The van der Waals surface area contributed by atoms with Gasteiger partial charge in [-0.05, 0) is 12.1 Å². The largest absolute Gasteiger partial charge is 0.478 e. The first kappa shape index (κ1) is 10.3. The summed E-state index contributed by atoms with van der Waals surface area (Å²) in [6.07, 6.45) is 0. The lowest BCUT2D eigenvalue weighted by atomic mass is 10.4. The van der Waals surface area contributed by atoms with E-state index < -0.39 is 8.25 Å². The summed E-state index contributed by atoms with van der Waals surface area (Å²) < 4.78 is 19.7. The Morgan fingerprint density at radius 2 is 2.31 bits per heavy atom. The summed E-state index contributed by atoms with van der Waals surface area (Å²) in [7, 11) is -1.68. The fourth-order valence-electron chi connectivity index (χ4n) is 0.723. The molecule has 1 aromatic heterocycles. The van der Waals surface area contributed by atoms with E-state index >= 15 is 0 Å². The number of rotatable bonds is 3. The zero-order valence-corrected chi connectivity index (χ0v) is 8.41. The van der Waals surface area contributed by atoms with Crippen LogP contribution in [0.15, 0.2) is 12.1 Å². The Hall–Kier alpha value is -0.770. The van der Waals surface area contributed by atoms with Gasteiger partial charge in [0.15, 0.2) is 5.75 Å². The molecule has 1 heterocycles. The molecule has 0 radical (unpaired) electrons. The van der Waals surface area contributed by atoms with Gasteiger partial charge in [-0.25, -0.2) is 4.57 Å². The third kappa shape index (κ3) is 2.88. The van der Waals surface area contributed by atoms with Gasteiger partial charge in [0.25, 0.3) is 5.88 Å². The van der Waals surface area contributed by atoms with Crippen LogP contribution in [0.5, 0.6) is 11.6 Å². The number of nitrogens with zero attached hydrogens (tertiary/aromatic N) is 1. The van der Waals surface area contributed by atoms with Gasteiger partial charge in [0.05, 0.1) is 7.11 Å². The van der Waals surface area contributed by atoms with E-state index in [4.69, 9.17) is 21.2 Å². The van der Waals surface area contributed by atoms with Gasteiger partial charge >= 0.3 is 8.25 Å². The minimum absolute atomic E-state index is 0.0832. The van der Waals surface area contributed by atoms with Gasteiger partial charge in [0.2, 0.25) is 0 Å². The van der Waals surface area contributed by atoms with Gasteiger partial charge in [-0.3, -0.25) is 0 Å². The zero-order chi connectivity index (χ0) is 9.84. The summed E-state index contributed by atoms with van der Waals surface area (Å²) in [5.41, 5.74) is 0. The molecule has 0 saturated carbocycles. The van der Waals surface area contributed by atoms with E-state index in [1.54, 1.807) is 0 Å². The van der Waals surface area contributed by atoms with E-state index in [2.05, 4.69) is 9.51 Å². The van der Waals surface area contributed by atoms with Crippen molar-refractivity contribution in [2.45, 2.75) is 0 Å². The average molecular weight is 224 g/mol. The van der Waals surface area contributed by atoms with Crippen LogP contribution in [-0.2, 0) is 4.57 Å². The Morgan fingerprint density at radius 3 is 2.85 bits per heavy atom. The summed E-state index contributed by atoms with van der Waals surface area (Å²) in [5.74, 6) is 0.179. The monoisotopic (exact) mass is 223 g/mol. The minimum Gasteiger partial charge on any atom is -0.478 e. The molecular weight excluding hydrogens is 216 g/mol. The molecule has 0 fully saturated rings. The molecule has 1 rings (SSSR count). The van der Waals surface area contributed by atoms with Crippen molar-refractivity contribution in [1.82, 2.24) is 4.98 Å². The SMILES string of the molecule is COc1nc(Cl)ccc1O[PH](=O)O. The topological polar surface area (TPSA) is 68.7 Å². The Labute approximate surface area is 80.2 Å². The molecule has 1 N–H and O–H groups in total. The van der Waals surface area contributed by atoms with Gasteiger partial charge in [-0.1, -0.05) is 11.6 Å². The van der Waals surface area contributed by atoms with E-state index in [0.29, 0.717) is 0 Å². The second kappa shape index (κ2) is 4.46. The lowest BCUT2D eigenvalue weighted by Crippen LogP contribution is -1.91. The van der Waals surface area contributed by atoms with Crippen molar-refractivity contribution in [3.05, 3.63) is 17.3 Å². The predicted octanol–water partition coefficient (Wildman–Crippen LogP) is 1.50. The lowest BCUT2D eigenvalue weighted by molar-refractivity contribution is 0.361. The molecule has 1 unspecified atom stereocenters. The highest BCUT2D eigenvalue weighted by atomic mass is 35.5. The molecule has 72 valence electrons. The predicted molar refractivity (Wildman–Crippen MR) is 47.6 cm³/mol. The molecule has 0 aliphatic rings. The zero-order valence-electron chi connectivity index (χ0n) is 6.65. The van der Waals surface area contributed by atoms with Gasteiger partial charge < -0.3 is 14.2 Å². The second-order valence-corrected chi connectivity index (χ2v) is 3.13. The molecule has 13 heavy (non-hydrogen) atoms. The van der Waals surface area contributed by atoms with Gasteiger partial charge in [-0.2, -0.15) is 4.98 Å². The Kier molecular flexibility index (Phi) is 3.54. The molecule has 0 aliphatic heterocycles. The fourth-order valence-corrected chi connectivity index (χ4v) is 1.21. The number of pyridine rings is 1. The van der Waals surface area contributed by atoms with Crippen LogP contribution in [0, 0.1) is 0 Å². The molecule has 1 atom stereocenters.